The number of methoxy groups -OCH3 is 1. The van der Waals surface area contributed by atoms with Crippen molar-refractivity contribution < 1.29 is 14.3 Å². The molecular weight excluding hydrogens is 386 g/mol. The van der Waals surface area contributed by atoms with E-state index >= 15 is 0 Å². The molecule has 2 aromatic heterocycles. The minimum atomic E-state index is -0.694. The monoisotopic (exact) mass is 411 g/mol. The summed E-state index contributed by atoms with van der Waals surface area (Å²) in [5, 5.41) is 4.21. The van der Waals surface area contributed by atoms with Crippen LogP contribution in [0.25, 0.3) is 11.1 Å². The van der Waals surface area contributed by atoms with Gasteiger partial charge in [-0.2, -0.15) is 5.10 Å². The van der Waals surface area contributed by atoms with Crippen LogP contribution >= 0.6 is 0 Å². The van der Waals surface area contributed by atoms with Crippen LogP contribution < -0.4 is 15.2 Å². The first-order chi connectivity index (χ1) is 14.3. The fourth-order valence-corrected chi connectivity index (χ4v) is 3.20. The van der Waals surface area contributed by atoms with Crippen LogP contribution in [0, 0.1) is 0 Å². The van der Waals surface area contributed by atoms with E-state index in [9.17, 15) is 9.59 Å². The molecule has 0 spiro atoms. The number of carbonyl (C=O) groups is 1. The second-order valence-corrected chi connectivity index (χ2v) is 6.84. The Kier molecular flexibility index (Phi) is 6.20. The van der Waals surface area contributed by atoms with Crippen molar-refractivity contribution in [2.45, 2.75) is 13.5 Å². The Morgan fingerprint density at radius 2 is 2.00 bits per heavy atom. The predicted octanol–water partition coefficient (Wildman–Crippen LogP) is 2.00. The third-order valence-electron chi connectivity index (χ3n) is 4.63. The van der Waals surface area contributed by atoms with Gasteiger partial charge in [0.25, 0.3) is 5.56 Å². The average molecular weight is 411 g/mol. The zero-order valence-corrected chi connectivity index (χ0v) is 17.7. The highest BCUT2D eigenvalue weighted by Crippen LogP contribution is 2.22. The van der Waals surface area contributed by atoms with E-state index in [1.165, 1.54) is 11.7 Å². The molecule has 0 fully saturated rings. The summed E-state index contributed by atoms with van der Waals surface area (Å²) in [5.74, 6) is -0.498. The van der Waals surface area contributed by atoms with Crippen LogP contribution in [0.4, 0.5) is 5.95 Å². The summed E-state index contributed by atoms with van der Waals surface area (Å²) in [6.45, 7) is 2.34. The summed E-state index contributed by atoms with van der Waals surface area (Å²) in [5.41, 5.74) is 2.48. The smallest absolute Gasteiger partial charge is 0.361 e. The van der Waals surface area contributed by atoms with E-state index < -0.39 is 11.5 Å². The highest BCUT2D eigenvalue weighted by molar-refractivity contribution is 5.90. The first kappa shape index (κ1) is 21.1. The van der Waals surface area contributed by atoms with Crippen LogP contribution in [0.2, 0.25) is 0 Å². The van der Waals surface area contributed by atoms with E-state index in [1.54, 1.807) is 30.6 Å². The Morgan fingerprint density at radius 1 is 1.23 bits per heavy atom. The molecule has 30 heavy (non-hydrogen) atoms. The zero-order chi connectivity index (χ0) is 21.8. The molecule has 1 aromatic carbocycles. The zero-order valence-electron chi connectivity index (χ0n) is 17.7. The number of aryl methyl sites for hydroxylation is 1. The van der Waals surface area contributed by atoms with Crippen molar-refractivity contribution in [3.05, 3.63) is 58.3 Å². The third-order valence-corrected chi connectivity index (χ3v) is 4.63. The molecule has 0 aliphatic rings. The number of nitrogens with zero attached hydrogens (tertiary/aromatic N) is 5. The van der Waals surface area contributed by atoms with Gasteiger partial charge in [-0.25, -0.2) is 9.78 Å². The molecule has 0 radical (unpaired) electrons. The molecule has 0 atom stereocenters. The fraction of sp³-hybridized carbons (Fsp3) is 0.333. The highest BCUT2D eigenvalue weighted by Gasteiger charge is 2.24. The maximum atomic E-state index is 12.7. The molecule has 3 rings (SSSR count). The van der Waals surface area contributed by atoms with Crippen LogP contribution in [-0.2, 0) is 25.4 Å². The quantitative estimate of drug-likeness (QED) is 0.549. The number of benzene rings is 1. The molecule has 0 bridgehead atoms. The summed E-state index contributed by atoms with van der Waals surface area (Å²) in [6, 6.07) is 8.03. The highest BCUT2D eigenvalue weighted by atomic mass is 16.5. The Bertz CT molecular complexity index is 1120. The van der Waals surface area contributed by atoms with Gasteiger partial charge in [0, 0.05) is 39.4 Å². The Balaban J connectivity index is 1.94. The normalized spacial score (nSPS) is 10.7. The number of hydrogen-bond acceptors (Lipinski definition) is 7. The van der Waals surface area contributed by atoms with Gasteiger partial charge in [-0.1, -0.05) is 18.2 Å². The SMILES string of the molecule is CCOC(=O)c1nc(N(C)Cc2cccc(-c3cnn(C)c3)c2)n(C)c(=O)c1OC. The van der Waals surface area contributed by atoms with E-state index in [-0.39, 0.29) is 18.1 Å². The third kappa shape index (κ3) is 4.19. The number of rotatable bonds is 7. The van der Waals surface area contributed by atoms with Crippen molar-refractivity contribution >= 4 is 11.9 Å². The van der Waals surface area contributed by atoms with Crippen LogP contribution in [0.1, 0.15) is 23.0 Å². The number of carbonyl (C=O) groups excluding carboxylic acids is 1. The minimum absolute atomic E-state index is 0.131. The van der Waals surface area contributed by atoms with Gasteiger partial charge in [-0.05, 0) is 24.1 Å². The number of anilines is 1. The Morgan fingerprint density at radius 3 is 2.63 bits per heavy atom. The van der Waals surface area contributed by atoms with Gasteiger partial charge in [0.2, 0.25) is 11.7 Å². The molecule has 0 saturated heterocycles. The van der Waals surface area contributed by atoms with E-state index in [0.717, 1.165) is 16.7 Å². The van der Waals surface area contributed by atoms with Gasteiger partial charge >= 0.3 is 5.97 Å². The number of hydrogen-bond donors (Lipinski definition) is 0. The lowest BCUT2D eigenvalue weighted by Crippen LogP contribution is -2.31. The topological polar surface area (TPSA) is 91.5 Å². The van der Waals surface area contributed by atoms with Crippen LogP contribution in [-0.4, -0.2) is 46.1 Å². The van der Waals surface area contributed by atoms with Gasteiger partial charge in [0.1, 0.15) is 0 Å². The van der Waals surface area contributed by atoms with Crippen molar-refractivity contribution in [1.29, 1.82) is 0 Å². The van der Waals surface area contributed by atoms with Crippen molar-refractivity contribution in [1.82, 2.24) is 19.3 Å². The molecule has 158 valence electrons. The predicted molar refractivity (Wildman–Crippen MR) is 113 cm³/mol. The van der Waals surface area contributed by atoms with Crippen molar-refractivity contribution in [2.24, 2.45) is 14.1 Å². The molecule has 0 amide bonds. The summed E-state index contributed by atoms with van der Waals surface area (Å²) in [6.07, 6.45) is 3.76. The molecule has 3 aromatic rings. The summed E-state index contributed by atoms with van der Waals surface area (Å²) in [4.78, 5) is 31.2. The summed E-state index contributed by atoms with van der Waals surface area (Å²) < 4.78 is 13.3. The summed E-state index contributed by atoms with van der Waals surface area (Å²) in [7, 11) is 6.59. The molecule has 0 unspecified atom stereocenters. The van der Waals surface area contributed by atoms with Crippen LogP contribution in [0.15, 0.2) is 41.5 Å². The lowest BCUT2D eigenvalue weighted by atomic mass is 10.1. The standard InChI is InChI=1S/C21H25N5O4/c1-6-30-20(28)17-18(29-5)19(27)26(4)21(23-17)24(2)12-14-8-7-9-15(10-14)16-11-22-25(3)13-16/h7-11,13H,6,12H2,1-5H3. The van der Waals surface area contributed by atoms with Crippen LogP contribution in [0.5, 0.6) is 5.75 Å². The second-order valence-electron chi connectivity index (χ2n) is 6.84. The fourth-order valence-electron chi connectivity index (χ4n) is 3.20. The van der Waals surface area contributed by atoms with Crippen molar-refractivity contribution in [3.8, 4) is 16.9 Å². The number of ether oxygens (including phenoxy) is 2. The largest absolute Gasteiger partial charge is 0.489 e. The number of aromatic nitrogens is 4. The first-order valence-corrected chi connectivity index (χ1v) is 9.47. The molecule has 0 N–H and O–H groups in total. The van der Waals surface area contributed by atoms with E-state index in [4.69, 9.17) is 9.47 Å². The van der Waals surface area contributed by atoms with E-state index in [2.05, 4.69) is 16.1 Å². The van der Waals surface area contributed by atoms with Crippen molar-refractivity contribution in [2.75, 3.05) is 25.7 Å². The molecule has 2 heterocycles. The molecule has 0 aliphatic carbocycles. The molecular formula is C21H25N5O4. The van der Waals surface area contributed by atoms with E-state index in [1.807, 2.05) is 37.6 Å². The van der Waals surface area contributed by atoms with E-state index in [0.29, 0.717) is 12.5 Å². The van der Waals surface area contributed by atoms with Gasteiger partial charge in [0.15, 0.2) is 5.69 Å². The van der Waals surface area contributed by atoms with Crippen molar-refractivity contribution in [3.63, 3.8) is 0 Å². The molecule has 9 nitrogen and oxygen atoms in total. The first-order valence-electron chi connectivity index (χ1n) is 9.47. The molecule has 0 saturated carbocycles. The average Bonchev–Trinajstić information content (AvgIpc) is 3.16. The second kappa shape index (κ2) is 8.81. The van der Waals surface area contributed by atoms with Gasteiger partial charge in [-0.3, -0.25) is 14.0 Å². The van der Waals surface area contributed by atoms with Gasteiger partial charge in [-0.15, -0.1) is 0 Å². The maximum Gasteiger partial charge on any atom is 0.361 e. The lowest BCUT2D eigenvalue weighted by molar-refractivity contribution is 0.0514. The Labute approximate surface area is 174 Å². The Hall–Kier alpha value is -3.62. The molecule has 0 aliphatic heterocycles. The van der Waals surface area contributed by atoms with Crippen LogP contribution in [0.3, 0.4) is 0 Å². The maximum absolute atomic E-state index is 12.7. The number of esters is 1. The van der Waals surface area contributed by atoms with Gasteiger partial charge < -0.3 is 14.4 Å². The lowest BCUT2D eigenvalue weighted by Gasteiger charge is -2.22. The van der Waals surface area contributed by atoms with Gasteiger partial charge in [0.05, 0.1) is 19.9 Å². The molecule has 9 heteroatoms. The minimum Gasteiger partial charge on any atom is -0.489 e. The summed E-state index contributed by atoms with van der Waals surface area (Å²) >= 11 is 0.